The molecule has 0 saturated carbocycles. The standard InChI is InChI=1S/C10H20N2O3/c1-7(2)15-10(14)12-5-3-4-8(11)9(12)6-13/h7-9,13H,3-6,11H2,1-2H3/t8-,9-/m0/s1. The molecule has 0 aromatic carbocycles. The van der Waals surface area contributed by atoms with Crippen LogP contribution in [0, 0.1) is 0 Å². The first-order chi connectivity index (χ1) is 7.06. The lowest BCUT2D eigenvalue weighted by Crippen LogP contribution is -2.56. The second-order valence-electron chi connectivity index (χ2n) is 4.18. The summed E-state index contributed by atoms with van der Waals surface area (Å²) in [7, 11) is 0. The molecule has 88 valence electrons. The predicted molar refractivity (Wildman–Crippen MR) is 56.4 cm³/mol. The first-order valence-corrected chi connectivity index (χ1v) is 5.40. The molecule has 1 saturated heterocycles. The second kappa shape index (κ2) is 5.32. The lowest BCUT2D eigenvalue weighted by molar-refractivity contribution is 0.0316. The number of likely N-dealkylation sites (tertiary alicyclic amines) is 1. The molecule has 1 rings (SSSR count). The molecule has 1 fully saturated rings. The number of ether oxygens (including phenoxy) is 1. The van der Waals surface area contributed by atoms with Crippen LogP contribution < -0.4 is 5.73 Å². The van der Waals surface area contributed by atoms with Gasteiger partial charge in [0.05, 0.1) is 18.8 Å². The zero-order valence-corrected chi connectivity index (χ0v) is 9.35. The number of hydrogen-bond acceptors (Lipinski definition) is 4. The van der Waals surface area contributed by atoms with E-state index in [2.05, 4.69) is 0 Å². The van der Waals surface area contributed by atoms with Crippen LogP contribution in [0.3, 0.4) is 0 Å². The number of aliphatic hydroxyl groups excluding tert-OH is 1. The number of hydrogen-bond donors (Lipinski definition) is 2. The molecule has 3 N–H and O–H groups in total. The van der Waals surface area contributed by atoms with Gasteiger partial charge in [0.25, 0.3) is 0 Å². The molecular weight excluding hydrogens is 196 g/mol. The number of carbonyl (C=O) groups is 1. The molecule has 1 aliphatic rings. The van der Waals surface area contributed by atoms with E-state index in [0.717, 1.165) is 12.8 Å². The Labute approximate surface area is 90.2 Å². The number of piperidine rings is 1. The Morgan fingerprint density at radius 3 is 2.87 bits per heavy atom. The van der Waals surface area contributed by atoms with Gasteiger partial charge in [0.15, 0.2) is 0 Å². The zero-order chi connectivity index (χ0) is 11.4. The van der Waals surface area contributed by atoms with Crippen LogP contribution in [0.15, 0.2) is 0 Å². The average molecular weight is 216 g/mol. The first-order valence-electron chi connectivity index (χ1n) is 5.40. The number of amides is 1. The molecule has 0 unspecified atom stereocenters. The quantitative estimate of drug-likeness (QED) is 0.696. The SMILES string of the molecule is CC(C)OC(=O)N1CCC[C@H](N)[C@@H]1CO. The summed E-state index contributed by atoms with van der Waals surface area (Å²) in [5.41, 5.74) is 5.84. The smallest absolute Gasteiger partial charge is 0.410 e. The molecule has 2 atom stereocenters. The maximum absolute atomic E-state index is 11.7. The molecule has 0 bridgehead atoms. The summed E-state index contributed by atoms with van der Waals surface area (Å²) in [6, 6.07) is -0.450. The van der Waals surface area contributed by atoms with E-state index in [1.54, 1.807) is 13.8 Å². The molecule has 15 heavy (non-hydrogen) atoms. The van der Waals surface area contributed by atoms with Crippen LogP contribution in [-0.2, 0) is 4.74 Å². The van der Waals surface area contributed by atoms with Gasteiger partial charge in [-0.25, -0.2) is 4.79 Å². The van der Waals surface area contributed by atoms with Gasteiger partial charge < -0.3 is 20.5 Å². The normalized spacial score (nSPS) is 26.9. The van der Waals surface area contributed by atoms with Crippen molar-refractivity contribution >= 4 is 6.09 Å². The van der Waals surface area contributed by atoms with Crippen LogP contribution in [0.25, 0.3) is 0 Å². The predicted octanol–water partition coefficient (Wildman–Crippen LogP) is 0.315. The third-order valence-corrected chi connectivity index (χ3v) is 2.59. The highest BCUT2D eigenvalue weighted by Crippen LogP contribution is 2.17. The van der Waals surface area contributed by atoms with E-state index in [1.165, 1.54) is 4.90 Å². The van der Waals surface area contributed by atoms with Gasteiger partial charge in [-0.1, -0.05) is 0 Å². The van der Waals surface area contributed by atoms with E-state index >= 15 is 0 Å². The van der Waals surface area contributed by atoms with Crippen LogP contribution in [0.5, 0.6) is 0 Å². The summed E-state index contributed by atoms with van der Waals surface area (Å²) < 4.78 is 5.09. The third kappa shape index (κ3) is 3.07. The molecule has 0 aromatic rings. The first kappa shape index (κ1) is 12.3. The van der Waals surface area contributed by atoms with Crippen LogP contribution in [0.4, 0.5) is 4.79 Å². The van der Waals surface area contributed by atoms with E-state index < -0.39 is 0 Å². The molecule has 1 heterocycles. The Hall–Kier alpha value is -0.810. The number of nitrogens with zero attached hydrogens (tertiary/aromatic N) is 1. The van der Waals surface area contributed by atoms with Crippen molar-refractivity contribution < 1.29 is 14.6 Å². The van der Waals surface area contributed by atoms with Crippen molar-refractivity contribution in [3.05, 3.63) is 0 Å². The highest BCUT2D eigenvalue weighted by Gasteiger charge is 2.32. The summed E-state index contributed by atoms with van der Waals surface area (Å²) in [5, 5.41) is 9.19. The Balaban J connectivity index is 2.61. The number of aliphatic hydroxyl groups is 1. The third-order valence-electron chi connectivity index (χ3n) is 2.59. The van der Waals surface area contributed by atoms with Crippen molar-refractivity contribution in [2.75, 3.05) is 13.2 Å². The molecular formula is C10H20N2O3. The minimum atomic E-state index is -0.376. The van der Waals surface area contributed by atoms with Gasteiger partial charge in [-0.15, -0.1) is 0 Å². The molecule has 1 aliphatic heterocycles. The minimum absolute atomic E-state index is 0.103. The Morgan fingerprint density at radius 2 is 2.33 bits per heavy atom. The monoisotopic (exact) mass is 216 g/mol. The van der Waals surface area contributed by atoms with Crippen LogP contribution in [0.1, 0.15) is 26.7 Å². The van der Waals surface area contributed by atoms with E-state index in [9.17, 15) is 9.90 Å². The van der Waals surface area contributed by atoms with E-state index in [1.807, 2.05) is 0 Å². The Bertz CT molecular complexity index is 221. The van der Waals surface area contributed by atoms with Crippen LogP contribution >= 0.6 is 0 Å². The van der Waals surface area contributed by atoms with Crippen LogP contribution in [0.2, 0.25) is 0 Å². The fraction of sp³-hybridized carbons (Fsp3) is 0.900. The summed E-state index contributed by atoms with van der Waals surface area (Å²) in [4.78, 5) is 13.2. The van der Waals surface area contributed by atoms with Gasteiger partial charge in [-0.2, -0.15) is 0 Å². The summed E-state index contributed by atoms with van der Waals surface area (Å²) in [5.74, 6) is 0. The summed E-state index contributed by atoms with van der Waals surface area (Å²) >= 11 is 0. The van der Waals surface area contributed by atoms with Crippen molar-refractivity contribution in [1.29, 1.82) is 0 Å². The van der Waals surface area contributed by atoms with Gasteiger partial charge in [0.1, 0.15) is 0 Å². The molecule has 0 aromatic heterocycles. The molecule has 0 spiro atoms. The topological polar surface area (TPSA) is 75.8 Å². The number of nitrogens with two attached hydrogens (primary N) is 1. The zero-order valence-electron chi connectivity index (χ0n) is 9.35. The summed E-state index contributed by atoms with van der Waals surface area (Å²) in [6.07, 6.45) is 1.19. The number of carbonyl (C=O) groups excluding carboxylic acids is 1. The van der Waals surface area contributed by atoms with E-state index in [0.29, 0.717) is 6.54 Å². The lowest BCUT2D eigenvalue weighted by atomic mass is 9.98. The second-order valence-corrected chi connectivity index (χ2v) is 4.18. The maximum atomic E-state index is 11.7. The summed E-state index contributed by atoms with van der Waals surface area (Å²) in [6.45, 7) is 4.12. The maximum Gasteiger partial charge on any atom is 0.410 e. The van der Waals surface area contributed by atoms with Crippen molar-refractivity contribution in [3.8, 4) is 0 Å². The fourth-order valence-electron chi connectivity index (χ4n) is 1.82. The highest BCUT2D eigenvalue weighted by molar-refractivity contribution is 5.68. The van der Waals surface area contributed by atoms with Crippen molar-refractivity contribution in [3.63, 3.8) is 0 Å². The molecule has 0 radical (unpaired) electrons. The van der Waals surface area contributed by atoms with Gasteiger partial charge in [0.2, 0.25) is 0 Å². The van der Waals surface area contributed by atoms with Gasteiger partial charge in [-0.3, -0.25) is 0 Å². The van der Waals surface area contributed by atoms with Crippen LogP contribution in [-0.4, -0.2) is 47.4 Å². The van der Waals surface area contributed by atoms with E-state index in [-0.39, 0.29) is 30.9 Å². The van der Waals surface area contributed by atoms with Crippen molar-refractivity contribution in [2.45, 2.75) is 44.9 Å². The van der Waals surface area contributed by atoms with Gasteiger partial charge in [-0.05, 0) is 26.7 Å². The Kier molecular flexibility index (Phi) is 4.35. The molecule has 5 heteroatoms. The van der Waals surface area contributed by atoms with Crippen molar-refractivity contribution in [1.82, 2.24) is 4.90 Å². The molecule has 0 aliphatic carbocycles. The van der Waals surface area contributed by atoms with Crippen molar-refractivity contribution in [2.24, 2.45) is 5.73 Å². The highest BCUT2D eigenvalue weighted by atomic mass is 16.6. The average Bonchev–Trinajstić information content (AvgIpc) is 2.16. The largest absolute Gasteiger partial charge is 0.447 e. The Morgan fingerprint density at radius 1 is 1.67 bits per heavy atom. The van der Waals surface area contributed by atoms with E-state index in [4.69, 9.17) is 10.5 Å². The fourth-order valence-corrected chi connectivity index (χ4v) is 1.82. The van der Waals surface area contributed by atoms with Gasteiger partial charge >= 0.3 is 6.09 Å². The lowest BCUT2D eigenvalue weighted by Gasteiger charge is -2.38. The minimum Gasteiger partial charge on any atom is -0.447 e. The van der Waals surface area contributed by atoms with Gasteiger partial charge in [0, 0.05) is 12.6 Å². The molecule has 1 amide bonds. The molecule has 5 nitrogen and oxygen atoms in total. The number of rotatable bonds is 2.